The fraction of sp³-hybridized carbons (Fsp3) is 0.500. The van der Waals surface area contributed by atoms with E-state index in [1.165, 1.54) is 0 Å². The summed E-state index contributed by atoms with van der Waals surface area (Å²) in [6.45, 7) is 0. The minimum Gasteiger partial charge on any atom is -0.212 e. The predicted molar refractivity (Wildman–Crippen MR) is 36.8 cm³/mol. The summed E-state index contributed by atoms with van der Waals surface area (Å²) in [5, 5.41) is 0. The Hall–Kier alpha value is 0.0334. The van der Waals surface area contributed by atoms with Gasteiger partial charge in [-0.15, -0.1) is 0 Å². The van der Waals surface area contributed by atoms with E-state index in [-0.39, 0.29) is 25.3 Å². The first-order valence-electron chi connectivity index (χ1n) is 3.41. The minimum absolute atomic E-state index is 0. The molecular formula is C8H11FRh. The topological polar surface area (TPSA) is 0 Å². The third-order valence-corrected chi connectivity index (χ3v) is 1.45. The molecule has 0 aromatic carbocycles. The van der Waals surface area contributed by atoms with Gasteiger partial charge in [0.2, 0.25) is 0 Å². The quantitative estimate of drug-likeness (QED) is 0.560. The average Bonchev–Trinajstić information content (AvgIpc) is 1.79. The molecule has 10 heavy (non-hydrogen) atoms. The molecule has 1 rings (SSSR count). The van der Waals surface area contributed by atoms with Crippen molar-refractivity contribution in [3.05, 3.63) is 24.1 Å². The van der Waals surface area contributed by atoms with E-state index in [4.69, 9.17) is 0 Å². The standard InChI is InChI=1S/C8H11F.Rh/c9-8-6-4-2-1-3-5-7-8;/h2,4,6H,1,3,5,7H2;. The van der Waals surface area contributed by atoms with Crippen LogP contribution < -0.4 is 0 Å². The van der Waals surface area contributed by atoms with Crippen LogP contribution in [0, 0.1) is 0 Å². The molecule has 0 spiro atoms. The fourth-order valence-electron chi connectivity index (χ4n) is 0.908. The van der Waals surface area contributed by atoms with E-state index < -0.39 is 0 Å². The van der Waals surface area contributed by atoms with E-state index in [0.29, 0.717) is 6.42 Å². The van der Waals surface area contributed by atoms with Gasteiger partial charge in [0.25, 0.3) is 0 Å². The van der Waals surface area contributed by atoms with Crippen LogP contribution >= 0.6 is 0 Å². The molecule has 2 heteroatoms. The number of hydrogen-bond donors (Lipinski definition) is 0. The van der Waals surface area contributed by atoms with Gasteiger partial charge >= 0.3 is 0 Å². The molecule has 0 aliphatic heterocycles. The molecule has 1 radical (unpaired) electrons. The second-order valence-electron chi connectivity index (χ2n) is 2.29. The molecule has 0 saturated heterocycles. The second kappa shape index (κ2) is 5.79. The van der Waals surface area contributed by atoms with Crippen molar-refractivity contribution in [1.29, 1.82) is 0 Å². The monoisotopic (exact) mass is 229 g/mol. The number of halogens is 1. The van der Waals surface area contributed by atoms with Gasteiger partial charge in [0.1, 0.15) is 0 Å². The maximum atomic E-state index is 12.4. The van der Waals surface area contributed by atoms with E-state index in [0.717, 1.165) is 19.3 Å². The first-order valence-corrected chi connectivity index (χ1v) is 3.41. The summed E-state index contributed by atoms with van der Waals surface area (Å²) in [6.07, 6.45) is 9.21. The molecule has 1 aliphatic rings. The van der Waals surface area contributed by atoms with E-state index in [1.807, 2.05) is 6.08 Å². The first kappa shape index (κ1) is 10.0. The molecule has 0 nitrogen and oxygen atoms in total. The largest absolute Gasteiger partial charge is 0.212 e. The molecule has 0 saturated carbocycles. The van der Waals surface area contributed by atoms with E-state index >= 15 is 0 Å². The molecule has 0 bridgehead atoms. The molecule has 59 valence electrons. The molecule has 0 N–H and O–H groups in total. The Labute approximate surface area is 74.0 Å². The Morgan fingerprint density at radius 1 is 1.30 bits per heavy atom. The van der Waals surface area contributed by atoms with E-state index in [1.54, 1.807) is 12.2 Å². The Morgan fingerprint density at radius 2 is 2.10 bits per heavy atom. The molecule has 0 aromatic rings. The van der Waals surface area contributed by atoms with Crippen LogP contribution in [0.4, 0.5) is 4.39 Å². The first-order chi connectivity index (χ1) is 4.39. The Balaban J connectivity index is 0.000000810. The summed E-state index contributed by atoms with van der Waals surface area (Å²) in [5.74, 6) is 0.0194. The summed E-state index contributed by atoms with van der Waals surface area (Å²) in [7, 11) is 0. The van der Waals surface area contributed by atoms with Crippen LogP contribution in [0.25, 0.3) is 0 Å². The van der Waals surface area contributed by atoms with Crippen LogP contribution in [0.2, 0.25) is 0 Å². The molecule has 0 amide bonds. The Kier molecular flexibility index (Phi) is 5.81. The van der Waals surface area contributed by atoms with E-state index in [9.17, 15) is 4.39 Å². The van der Waals surface area contributed by atoms with Gasteiger partial charge in [0.05, 0.1) is 5.83 Å². The average molecular weight is 229 g/mol. The van der Waals surface area contributed by atoms with E-state index in [2.05, 4.69) is 0 Å². The van der Waals surface area contributed by atoms with Crippen molar-refractivity contribution in [2.45, 2.75) is 25.7 Å². The molecule has 0 unspecified atom stereocenters. The van der Waals surface area contributed by atoms with Crippen molar-refractivity contribution in [2.75, 3.05) is 0 Å². The second-order valence-corrected chi connectivity index (χ2v) is 2.29. The van der Waals surface area contributed by atoms with Crippen LogP contribution in [0.15, 0.2) is 24.1 Å². The van der Waals surface area contributed by atoms with Crippen molar-refractivity contribution in [2.24, 2.45) is 0 Å². The minimum atomic E-state index is 0. The summed E-state index contributed by atoms with van der Waals surface area (Å²) in [5.41, 5.74) is 0. The van der Waals surface area contributed by atoms with Crippen molar-refractivity contribution < 1.29 is 23.9 Å². The van der Waals surface area contributed by atoms with Crippen LogP contribution in [0.1, 0.15) is 25.7 Å². The third-order valence-electron chi connectivity index (χ3n) is 1.45. The van der Waals surface area contributed by atoms with Gasteiger partial charge in [0, 0.05) is 19.5 Å². The molecule has 1 aliphatic carbocycles. The van der Waals surface area contributed by atoms with Gasteiger partial charge in [-0.1, -0.05) is 12.2 Å². The zero-order valence-corrected chi connectivity index (χ0v) is 7.41. The zero-order valence-electron chi connectivity index (χ0n) is 5.77. The van der Waals surface area contributed by atoms with Crippen LogP contribution in [-0.2, 0) is 19.5 Å². The van der Waals surface area contributed by atoms with Crippen LogP contribution in [0.3, 0.4) is 0 Å². The van der Waals surface area contributed by atoms with Gasteiger partial charge in [0.15, 0.2) is 0 Å². The number of rotatable bonds is 0. The smallest absolute Gasteiger partial charge is 0.0999 e. The van der Waals surface area contributed by atoms with Crippen molar-refractivity contribution in [3.63, 3.8) is 0 Å². The van der Waals surface area contributed by atoms with Gasteiger partial charge in [-0.3, -0.25) is 0 Å². The zero-order chi connectivity index (χ0) is 6.53. The molecule has 0 heterocycles. The number of hydrogen-bond acceptors (Lipinski definition) is 0. The van der Waals surface area contributed by atoms with Crippen LogP contribution in [0.5, 0.6) is 0 Å². The molecular weight excluding hydrogens is 218 g/mol. The summed E-state index contributed by atoms with van der Waals surface area (Å²) < 4.78 is 12.4. The summed E-state index contributed by atoms with van der Waals surface area (Å²) in [6, 6.07) is 0. The SMILES string of the molecule is FC1=CC=CCCCC1.[Rh]. The summed E-state index contributed by atoms with van der Waals surface area (Å²) >= 11 is 0. The van der Waals surface area contributed by atoms with Gasteiger partial charge in [-0.25, -0.2) is 4.39 Å². The van der Waals surface area contributed by atoms with Crippen molar-refractivity contribution >= 4 is 0 Å². The van der Waals surface area contributed by atoms with Crippen molar-refractivity contribution in [3.8, 4) is 0 Å². The third kappa shape index (κ3) is 3.95. The molecule has 0 fully saturated rings. The van der Waals surface area contributed by atoms with Crippen molar-refractivity contribution in [1.82, 2.24) is 0 Å². The maximum Gasteiger partial charge on any atom is 0.0999 e. The predicted octanol–water partition coefficient (Wildman–Crippen LogP) is 2.97. The maximum absolute atomic E-state index is 12.4. The van der Waals surface area contributed by atoms with Gasteiger partial charge in [-0.05, 0) is 31.8 Å². The Morgan fingerprint density at radius 3 is 2.90 bits per heavy atom. The fourth-order valence-corrected chi connectivity index (χ4v) is 0.908. The van der Waals surface area contributed by atoms with Gasteiger partial charge in [-0.2, -0.15) is 0 Å². The summed E-state index contributed by atoms with van der Waals surface area (Å²) in [4.78, 5) is 0. The number of allylic oxidation sites excluding steroid dienone is 4. The molecule has 0 aromatic heterocycles. The van der Waals surface area contributed by atoms with Gasteiger partial charge < -0.3 is 0 Å². The Bertz CT molecular complexity index is 138. The normalized spacial score (nSPS) is 18.3. The molecule has 0 atom stereocenters. The van der Waals surface area contributed by atoms with Crippen LogP contribution in [-0.4, -0.2) is 0 Å².